The average Bonchev–Trinajstić information content (AvgIpc) is 2.45. The van der Waals surface area contributed by atoms with Gasteiger partial charge in [-0.1, -0.05) is 30.0 Å². The Kier molecular flexibility index (Phi) is 4.76. The van der Waals surface area contributed by atoms with E-state index in [1.165, 1.54) is 0 Å². The highest BCUT2D eigenvalue weighted by Crippen LogP contribution is 2.15. The lowest BCUT2D eigenvalue weighted by atomic mass is 10.0. The molecule has 0 saturated heterocycles. The second kappa shape index (κ2) is 6.74. The molecular formula is C18H18N2O. The molecule has 1 amide bonds. The van der Waals surface area contributed by atoms with Gasteiger partial charge < -0.3 is 11.1 Å². The molecule has 3 nitrogen and oxygen atoms in total. The Balaban J connectivity index is 2.30. The van der Waals surface area contributed by atoms with Gasteiger partial charge in [0.2, 0.25) is 0 Å². The molecule has 3 heteroatoms. The Hall–Kier alpha value is -2.57. The smallest absolute Gasteiger partial charge is 0.256 e. The first-order chi connectivity index (χ1) is 10.1. The minimum Gasteiger partial charge on any atom is -0.322 e. The molecular weight excluding hydrogens is 260 g/mol. The molecule has 0 unspecified atom stereocenters. The minimum absolute atomic E-state index is 0.165. The average molecular weight is 278 g/mol. The molecule has 21 heavy (non-hydrogen) atoms. The highest BCUT2D eigenvalue weighted by molar-refractivity contribution is 6.06. The van der Waals surface area contributed by atoms with E-state index in [1.807, 2.05) is 50.2 Å². The van der Waals surface area contributed by atoms with Gasteiger partial charge in [-0.15, -0.1) is 0 Å². The van der Waals surface area contributed by atoms with Crippen LogP contribution in [0.25, 0.3) is 0 Å². The van der Waals surface area contributed by atoms with Gasteiger partial charge in [-0.3, -0.25) is 4.79 Å². The number of carbonyl (C=O) groups excluding carboxylic acids is 1. The molecule has 3 N–H and O–H groups in total. The summed E-state index contributed by atoms with van der Waals surface area (Å²) in [6.07, 6.45) is 0. The number of rotatable bonds is 2. The van der Waals surface area contributed by atoms with E-state index in [1.54, 1.807) is 6.07 Å². The van der Waals surface area contributed by atoms with E-state index in [2.05, 4.69) is 17.2 Å². The lowest BCUT2D eigenvalue weighted by Gasteiger charge is -2.08. The quantitative estimate of drug-likeness (QED) is 0.830. The van der Waals surface area contributed by atoms with Gasteiger partial charge in [0, 0.05) is 11.3 Å². The van der Waals surface area contributed by atoms with Crippen molar-refractivity contribution in [1.29, 1.82) is 0 Å². The first-order valence-electron chi connectivity index (χ1n) is 6.78. The molecule has 2 rings (SSSR count). The van der Waals surface area contributed by atoms with Crippen LogP contribution < -0.4 is 11.1 Å². The van der Waals surface area contributed by atoms with Crippen molar-refractivity contribution in [2.45, 2.75) is 13.8 Å². The van der Waals surface area contributed by atoms with Crippen molar-refractivity contribution in [3.8, 4) is 11.8 Å². The van der Waals surface area contributed by atoms with Crippen LogP contribution in [0, 0.1) is 25.7 Å². The Morgan fingerprint density at radius 2 is 1.90 bits per heavy atom. The van der Waals surface area contributed by atoms with Crippen LogP contribution in [0.3, 0.4) is 0 Å². The first-order valence-corrected chi connectivity index (χ1v) is 6.78. The predicted octanol–water partition coefficient (Wildman–Crippen LogP) is 2.87. The van der Waals surface area contributed by atoms with E-state index in [4.69, 9.17) is 5.73 Å². The van der Waals surface area contributed by atoms with Crippen molar-refractivity contribution in [2.75, 3.05) is 11.9 Å². The number of aryl methyl sites for hydroxylation is 2. The number of anilines is 1. The van der Waals surface area contributed by atoms with Gasteiger partial charge in [0.05, 0.1) is 12.1 Å². The minimum atomic E-state index is -0.165. The summed E-state index contributed by atoms with van der Waals surface area (Å²) in [5.74, 6) is 5.59. The fourth-order valence-electron chi connectivity index (χ4n) is 2.03. The van der Waals surface area contributed by atoms with Crippen LogP contribution in [0.2, 0.25) is 0 Å². The van der Waals surface area contributed by atoms with E-state index in [9.17, 15) is 4.79 Å². The van der Waals surface area contributed by atoms with E-state index in [0.29, 0.717) is 11.1 Å². The highest BCUT2D eigenvalue weighted by Gasteiger charge is 2.10. The molecule has 0 radical (unpaired) electrons. The van der Waals surface area contributed by atoms with Crippen LogP contribution in [0.1, 0.15) is 27.0 Å². The number of amides is 1. The second-order valence-corrected chi connectivity index (χ2v) is 4.88. The monoisotopic (exact) mass is 278 g/mol. The van der Waals surface area contributed by atoms with Gasteiger partial charge in [-0.2, -0.15) is 0 Å². The Morgan fingerprint density at radius 3 is 2.62 bits per heavy atom. The zero-order valence-corrected chi connectivity index (χ0v) is 12.2. The van der Waals surface area contributed by atoms with Crippen LogP contribution >= 0.6 is 0 Å². The summed E-state index contributed by atoms with van der Waals surface area (Å²) in [6, 6.07) is 13.3. The molecule has 106 valence electrons. The largest absolute Gasteiger partial charge is 0.322 e. The van der Waals surface area contributed by atoms with Gasteiger partial charge in [0.25, 0.3) is 5.91 Å². The topological polar surface area (TPSA) is 55.1 Å². The molecule has 0 aromatic heterocycles. The number of benzene rings is 2. The Labute approximate surface area is 125 Å². The van der Waals surface area contributed by atoms with Gasteiger partial charge in [-0.25, -0.2) is 0 Å². The molecule has 2 aromatic carbocycles. The Bertz CT molecular complexity index is 723. The SMILES string of the molecule is Cc1cccc(NC(=O)c2ccc(C)cc2C#CCN)c1. The Morgan fingerprint density at radius 1 is 1.14 bits per heavy atom. The van der Waals surface area contributed by atoms with Crippen molar-refractivity contribution in [3.63, 3.8) is 0 Å². The first kappa shape index (κ1) is 14.8. The summed E-state index contributed by atoms with van der Waals surface area (Å²) in [5, 5.41) is 2.90. The van der Waals surface area contributed by atoms with Gasteiger partial charge >= 0.3 is 0 Å². The van der Waals surface area contributed by atoms with Crippen LogP contribution in [0.4, 0.5) is 5.69 Å². The molecule has 0 aliphatic rings. The van der Waals surface area contributed by atoms with Gasteiger partial charge in [0.15, 0.2) is 0 Å². The number of nitrogens with two attached hydrogens (primary N) is 1. The molecule has 0 fully saturated rings. The zero-order chi connectivity index (χ0) is 15.2. The van der Waals surface area contributed by atoms with Crippen LogP contribution in [-0.4, -0.2) is 12.5 Å². The summed E-state index contributed by atoms with van der Waals surface area (Å²) in [7, 11) is 0. The summed E-state index contributed by atoms with van der Waals surface area (Å²) in [6.45, 7) is 4.22. The molecule has 0 saturated carbocycles. The summed E-state index contributed by atoms with van der Waals surface area (Å²) >= 11 is 0. The van der Waals surface area contributed by atoms with Gasteiger partial charge in [0.1, 0.15) is 0 Å². The van der Waals surface area contributed by atoms with E-state index < -0.39 is 0 Å². The maximum Gasteiger partial charge on any atom is 0.256 e. The number of hydrogen-bond donors (Lipinski definition) is 2. The third kappa shape index (κ3) is 3.95. The molecule has 0 bridgehead atoms. The lowest BCUT2D eigenvalue weighted by Crippen LogP contribution is -2.13. The maximum absolute atomic E-state index is 12.4. The van der Waals surface area contributed by atoms with Crippen molar-refractivity contribution >= 4 is 11.6 Å². The second-order valence-electron chi connectivity index (χ2n) is 4.88. The lowest BCUT2D eigenvalue weighted by molar-refractivity contribution is 0.102. The molecule has 0 aliphatic heterocycles. The van der Waals surface area contributed by atoms with Gasteiger partial charge in [-0.05, 0) is 49.2 Å². The standard InChI is InChI=1S/C18H18N2O/c1-13-5-3-7-16(12-13)20-18(21)17-9-8-14(2)11-15(17)6-4-10-19/h3,5,7-9,11-12H,10,19H2,1-2H3,(H,20,21). The fraction of sp³-hybridized carbons (Fsp3) is 0.167. The molecule has 0 aliphatic carbocycles. The van der Waals surface area contributed by atoms with Crippen molar-refractivity contribution < 1.29 is 4.79 Å². The van der Waals surface area contributed by atoms with E-state index in [-0.39, 0.29) is 12.5 Å². The number of nitrogens with one attached hydrogen (secondary N) is 1. The molecule has 0 spiro atoms. The number of hydrogen-bond acceptors (Lipinski definition) is 2. The van der Waals surface area contributed by atoms with Crippen LogP contribution in [0.15, 0.2) is 42.5 Å². The molecule has 0 atom stereocenters. The van der Waals surface area contributed by atoms with Crippen molar-refractivity contribution in [1.82, 2.24) is 0 Å². The third-order valence-corrected chi connectivity index (χ3v) is 3.02. The number of carbonyl (C=O) groups is 1. The molecule has 0 heterocycles. The van der Waals surface area contributed by atoms with E-state index >= 15 is 0 Å². The zero-order valence-electron chi connectivity index (χ0n) is 12.2. The highest BCUT2D eigenvalue weighted by atomic mass is 16.1. The molecule has 2 aromatic rings. The van der Waals surface area contributed by atoms with E-state index in [0.717, 1.165) is 16.8 Å². The third-order valence-electron chi connectivity index (χ3n) is 3.02. The maximum atomic E-state index is 12.4. The normalized spacial score (nSPS) is 9.67. The summed E-state index contributed by atoms with van der Waals surface area (Å²) in [5.41, 5.74) is 9.60. The van der Waals surface area contributed by atoms with Crippen LogP contribution in [-0.2, 0) is 0 Å². The van der Waals surface area contributed by atoms with Crippen molar-refractivity contribution in [3.05, 3.63) is 64.7 Å². The van der Waals surface area contributed by atoms with Crippen molar-refractivity contribution in [2.24, 2.45) is 5.73 Å². The predicted molar refractivity (Wildman–Crippen MR) is 86.2 cm³/mol. The van der Waals surface area contributed by atoms with Crippen LogP contribution in [0.5, 0.6) is 0 Å². The fourth-order valence-corrected chi connectivity index (χ4v) is 2.03. The summed E-state index contributed by atoms with van der Waals surface area (Å²) < 4.78 is 0. The summed E-state index contributed by atoms with van der Waals surface area (Å²) in [4.78, 5) is 12.4.